The Labute approximate surface area is 108 Å². The van der Waals surface area contributed by atoms with Crippen LogP contribution in [0.25, 0.3) is 5.69 Å². The standard InChI is InChI=1S/C15H19N3/c1-2-16-11-14-8-9-18(17-14)15-7-6-12-4-3-5-13(12)10-15/h6-10,16H,2-5,11H2,1H3. The van der Waals surface area contributed by atoms with Gasteiger partial charge in [0, 0.05) is 12.7 Å². The molecule has 3 heteroatoms. The lowest BCUT2D eigenvalue weighted by Gasteiger charge is -2.05. The molecule has 0 fully saturated rings. The molecular formula is C15H19N3. The van der Waals surface area contributed by atoms with Gasteiger partial charge in [-0.2, -0.15) is 5.10 Å². The van der Waals surface area contributed by atoms with E-state index in [1.54, 1.807) is 0 Å². The number of aromatic nitrogens is 2. The molecule has 0 amide bonds. The Morgan fingerprint density at radius 1 is 1.22 bits per heavy atom. The van der Waals surface area contributed by atoms with Gasteiger partial charge in [-0.3, -0.25) is 0 Å². The van der Waals surface area contributed by atoms with Crippen molar-refractivity contribution >= 4 is 0 Å². The van der Waals surface area contributed by atoms with E-state index in [1.165, 1.54) is 36.1 Å². The topological polar surface area (TPSA) is 29.9 Å². The van der Waals surface area contributed by atoms with Crippen molar-refractivity contribution in [2.75, 3.05) is 6.54 Å². The highest BCUT2D eigenvalue weighted by molar-refractivity contribution is 5.42. The fraction of sp³-hybridized carbons (Fsp3) is 0.400. The smallest absolute Gasteiger partial charge is 0.0766 e. The molecule has 2 aromatic rings. The van der Waals surface area contributed by atoms with Crippen molar-refractivity contribution in [2.24, 2.45) is 0 Å². The van der Waals surface area contributed by atoms with Gasteiger partial charge in [0.05, 0.1) is 11.4 Å². The lowest BCUT2D eigenvalue weighted by molar-refractivity contribution is 0.696. The summed E-state index contributed by atoms with van der Waals surface area (Å²) in [5.74, 6) is 0. The summed E-state index contributed by atoms with van der Waals surface area (Å²) >= 11 is 0. The molecule has 3 rings (SSSR count). The molecule has 1 aliphatic rings. The summed E-state index contributed by atoms with van der Waals surface area (Å²) in [5, 5.41) is 7.89. The van der Waals surface area contributed by atoms with E-state index in [-0.39, 0.29) is 0 Å². The molecular weight excluding hydrogens is 222 g/mol. The van der Waals surface area contributed by atoms with Crippen LogP contribution in [-0.2, 0) is 19.4 Å². The number of hydrogen-bond donors (Lipinski definition) is 1. The van der Waals surface area contributed by atoms with Crippen molar-refractivity contribution in [1.29, 1.82) is 0 Å². The Bertz CT molecular complexity index is 542. The average molecular weight is 241 g/mol. The zero-order valence-electron chi connectivity index (χ0n) is 10.8. The van der Waals surface area contributed by atoms with Gasteiger partial charge in [-0.1, -0.05) is 13.0 Å². The van der Waals surface area contributed by atoms with E-state index in [0.29, 0.717) is 0 Å². The predicted molar refractivity (Wildman–Crippen MR) is 73.0 cm³/mol. The maximum atomic E-state index is 4.60. The van der Waals surface area contributed by atoms with E-state index >= 15 is 0 Å². The number of rotatable bonds is 4. The maximum Gasteiger partial charge on any atom is 0.0766 e. The van der Waals surface area contributed by atoms with E-state index in [9.17, 15) is 0 Å². The fourth-order valence-electron chi connectivity index (χ4n) is 2.55. The van der Waals surface area contributed by atoms with Crippen molar-refractivity contribution in [3.63, 3.8) is 0 Å². The van der Waals surface area contributed by atoms with E-state index < -0.39 is 0 Å². The minimum Gasteiger partial charge on any atom is -0.311 e. The highest BCUT2D eigenvalue weighted by Gasteiger charge is 2.11. The van der Waals surface area contributed by atoms with Crippen LogP contribution < -0.4 is 5.32 Å². The molecule has 1 heterocycles. The van der Waals surface area contributed by atoms with Crippen molar-refractivity contribution in [2.45, 2.75) is 32.7 Å². The second kappa shape index (κ2) is 4.94. The second-order valence-electron chi connectivity index (χ2n) is 4.84. The third-order valence-electron chi connectivity index (χ3n) is 3.55. The van der Waals surface area contributed by atoms with Crippen LogP contribution in [0, 0.1) is 0 Å². The van der Waals surface area contributed by atoms with Crippen LogP contribution in [0.1, 0.15) is 30.2 Å². The van der Waals surface area contributed by atoms with Crippen LogP contribution in [0.5, 0.6) is 0 Å². The minimum atomic E-state index is 0.842. The fourth-order valence-corrected chi connectivity index (χ4v) is 2.55. The summed E-state index contributed by atoms with van der Waals surface area (Å²) in [7, 11) is 0. The molecule has 0 unspecified atom stereocenters. The summed E-state index contributed by atoms with van der Waals surface area (Å²) in [6.07, 6.45) is 5.79. The van der Waals surface area contributed by atoms with Crippen LogP contribution in [0.15, 0.2) is 30.5 Å². The molecule has 0 atom stereocenters. The molecule has 1 aromatic carbocycles. The molecule has 1 N–H and O–H groups in total. The van der Waals surface area contributed by atoms with Crippen LogP contribution in [-0.4, -0.2) is 16.3 Å². The lowest BCUT2D eigenvalue weighted by atomic mass is 10.1. The highest BCUT2D eigenvalue weighted by Crippen LogP contribution is 2.24. The average Bonchev–Trinajstić information content (AvgIpc) is 3.04. The van der Waals surface area contributed by atoms with Crippen molar-refractivity contribution < 1.29 is 0 Å². The van der Waals surface area contributed by atoms with Crippen molar-refractivity contribution in [1.82, 2.24) is 15.1 Å². The van der Waals surface area contributed by atoms with Gasteiger partial charge in [0.15, 0.2) is 0 Å². The number of hydrogen-bond acceptors (Lipinski definition) is 2. The normalized spacial score (nSPS) is 13.8. The van der Waals surface area contributed by atoms with Gasteiger partial charge in [-0.15, -0.1) is 0 Å². The van der Waals surface area contributed by atoms with E-state index in [1.807, 2.05) is 10.9 Å². The number of nitrogens with one attached hydrogen (secondary N) is 1. The summed E-state index contributed by atoms with van der Waals surface area (Å²) in [5.41, 5.74) is 5.28. The third kappa shape index (κ3) is 2.18. The summed E-state index contributed by atoms with van der Waals surface area (Å²) < 4.78 is 1.98. The van der Waals surface area contributed by atoms with Crippen LogP contribution in [0.3, 0.4) is 0 Å². The first-order valence-electron chi connectivity index (χ1n) is 6.74. The van der Waals surface area contributed by atoms with Crippen LogP contribution in [0.4, 0.5) is 0 Å². The molecule has 0 radical (unpaired) electrons. The molecule has 1 aromatic heterocycles. The Morgan fingerprint density at radius 3 is 3.00 bits per heavy atom. The number of fused-ring (bicyclic) bond motifs is 1. The number of benzene rings is 1. The summed E-state index contributed by atoms with van der Waals surface area (Å²) in [6, 6.07) is 8.79. The first-order valence-corrected chi connectivity index (χ1v) is 6.74. The Kier molecular flexibility index (Phi) is 3.15. The molecule has 0 saturated carbocycles. The van der Waals surface area contributed by atoms with Gasteiger partial charge in [-0.25, -0.2) is 4.68 Å². The van der Waals surface area contributed by atoms with Gasteiger partial charge in [-0.05, 0) is 55.1 Å². The molecule has 0 bridgehead atoms. The van der Waals surface area contributed by atoms with E-state index in [4.69, 9.17) is 0 Å². The third-order valence-corrected chi connectivity index (χ3v) is 3.55. The SMILES string of the molecule is CCNCc1ccn(-c2ccc3c(c2)CCC3)n1. The zero-order valence-corrected chi connectivity index (χ0v) is 10.8. The van der Waals surface area contributed by atoms with Crippen molar-refractivity contribution in [3.8, 4) is 5.69 Å². The molecule has 3 nitrogen and oxygen atoms in total. The summed E-state index contributed by atoms with van der Waals surface area (Å²) in [6.45, 7) is 3.93. The van der Waals surface area contributed by atoms with Crippen LogP contribution in [0.2, 0.25) is 0 Å². The van der Waals surface area contributed by atoms with Gasteiger partial charge in [0.2, 0.25) is 0 Å². The predicted octanol–water partition coefficient (Wildman–Crippen LogP) is 2.47. The lowest BCUT2D eigenvalue weighted by Crippen LogP contribution is -2.12. The van der Waals surface area contributed by atoms with E-state index in [0.717, 1.165) is 18.8 Å². The van der Waals surface area contributed by atoms with E-state index in [2.05, 4.69) is 41.6 Å². The van der Waals surface area contributed by atoms with Gasteiger partial charge in [0.1, 0.15) is 0 Å². The minimum absolute atomic E-state index is 0.842. The largest absolute Gasteiger partial charge is 0.311 e. The maximum absolute atomic E-state index is 4.60. The zero-order chi connectivity index (χ0) is 12.4. The molecule has 0 saturated heterocycles. The Hall–Kier alpha value is -1.61. The number of aryl methyl sites for hydroxylation is 2. The molecule has 18 heavy (non-hydrogen) atoms. The monoisotopic (exact) mass is 241 g/mol. The van der Waals surface area contributed by atoms with Crippen molar-refractivity contribution in [3.05, 3.63) is 47.3 Å². The first kappa shape index (κ1) is 11.5. The number of nitrogens with zero attached hydrogens (tertiary/aromatic N) is 2. The Morgan fingerprint density at radius 2 is 2.11 bits per heavy atom. The Balaban J connectivity index is 1.83. The van der Waals surface area contributed by atoms with Gasteiger partial charge in [0.25, 0.3) is 0 Å². The quantitative estimate of drug-likeness (QED) is 0.891. The second-order valence-corrected chi connectivity index (χ2v) is 4.84. The summed E-state index contributed by atoms with van der Waals surface area (Å²) in [4.78, 5) is 0. The molecule has 1 aliphatic carbocycles. The molecule has 94 valence electrons. The molecule has 0 spiro atoms. The first-order chi connectivity index (χ1) is 8.86. The van der Waals surface area contributed by atoms with Crippen LogP contribution >= 0.6 is 0 Å². The molecule has 0 aliphatic heterocycles. The van der Waals surface area contributed by atoms with Gasteiger partial charge >= 0.3 is 0 Å². The van der Waals surface area contributed by atoms with Gasteiger partial charge < -0.3 is 5.32 Å². The highest BCUT2D eigenvalue weighted by atomic mass is 15.3.